The number of hydrogen-bond donors (Lipinski definition) is 6. The van der Waals surface area contributed by atoms with E-state index in [1.165, 1.54) is 28.8 Å². The van der Waals surface area contributed by atoms with Crippen LogP contribution in [-0.4, -0.2) is 118 Å². The molecule has 0 aromatic carbocycles. The Hall–Kier alpha value is -1.12. The average Bonchev–Trinajstić information content (AvgIpc) is 3.42. The molecule has 5 atom stereocenters. The first-order valence-corrected chi connectivity index (χ1v) is 19.4. The predicted octanol–water partition coefficient (Wildman–Crippen LogP) is 1.95. The van der Waals surface area contributed by atoms with E-state index in [0.717, 1.165) is 83.5 Å². The monoisotopic (exact) mass is 951 g/mol. The number of aliphatic hydroxyl groups excluding tert-OH is 3. The molecule has 3 rings (SSSR count). The van der Waals surface area contributed by atoms with Crippen molar-refractivity contribution in [3.8, 4) is 0 Å². The first kappa shape index (κ1) is 46.0. The van der Waals surface area contributed by atoms with Crippen molar-refractivity contribution in [2.24, 2.45) is 11.8 Å². The molecule has 16 heteroatoms. The van der Waals surface area contributed by atoms with Crippen LogP contribution in [0.2, 0.25) is 0 Å². The summed E-state index contributed by atoms with van der Waals surface area (Å²) in [5.74, 6) is 0.531. The van der Waals surface area contributed by atoms with Crippen LogP contribution in [0.25, 0.3) is 5.73 Å². The maximum Gasteiger partial charge on any atom is 0.253 e. The third kappa shape index (κ3) is 16.8. The van der Waals surface area contributed by atoms with Crippen LogP contribution < -0.4 is 16.0 Å². The molecule has 0 bridgehead atoms. The summed E-state index contributed by atoms with van der Waals surface area (Å²) in [6, 6.07) is -0.976. The number of thioether (sulfide) groups is 1. The molecule has 2 fully saturated rings. The van der Waals surface area contributed by atoms with E-state index in [4.69, 9.17) is 10.5 Å². The topological polar surface area (TPSA) is 218 Å². The SMILES string of the molecule is [Ac].[NH-]C1C(O)[C@@H](O)C(CO)O[C@H]1SCCCCCNC(=O)CCCCCNC(=O)CCCCCNC(=O)C1CCC(CN2C(=O)C=CC2=O)CC1. The molecule has 1 radical (unpaired) electrons. The van der Waals surface area contributed by atoms with Crippen LogP contribution in [0.3, 0.4) is 0 Å². The number of carbonyl (C=O) groups is 5. The van der Waals surface area contributed by atoms with Gasteiger partial charge in [0, 0.05) is 101 Å². The number of amides is 5. The van der Waals surface area contributed by atoms with Gasteiger partial charge < -0.3 is 41.7 Å². The fourth-order valence-electron chi connectivity index (χ4n) is 6.47. The zero-order valence-electron chi connectivity index (χ0n) is 29.8. The van der Waals surface area contributed by atoms with Crippen LogP contribution in [0.1, 0.15) is 96.3 Å². The number of imide groups is 1. The van der Waals surface area contributed by atoms with Gasteiger partial charge in [-0.15, -0.1) is 11.8 Å². The predicted molar refractivity (Wildman–Crippen MR) is 189 cm³/mol. The standard InChI is InChI=1S/C35H58N5O9S.Ac/c36-31-33(47)32(46)26(23-41)49-35(31)50-21-9-3-8-19-38-28(43)10-4-1-6-18-37-27(42)11-5-2-7-20-39-34(48)25-14-12-24(13-15-25)22-40-29(44)16-17-30(40)45;/h16-17,24-26,31-33,35-36,41,46-47H,1-15,18-23H2,(H,37,42)(H,38,43)(H,39,48);/q-1;/t24?,25?,26?,31?,32-,33?,35-;/m0./s1. The molecule has 51 heavy (non-hydrogen) atoms. The Balaban J connectivity index is 0.00000901. The first-order valence-electron chi connectivity index (χ1n) is 18.4. The van der Waals surface area contributed by atoms with Crippen LogP contribution >= 0.6 is 11.8 Å². The van der Waals surface area contributed by atoms with Gasteiger partial charge in [0.2, 0.25) is 17.7 Å². The molecule has 1 saturated heterocycles. The van der Waals surface area contributed by atoms with Crippen molar-refractivity contribution in [2.75, 3.05) is 38.5 Å². The van der Waals surface area contributed by atoms with Crippen molar-refractivity contribution >= 4 is 41.3 Å². The van der Waals surface area contributed by atoms with Crippen LogP contribution in [0.4, 0.5) is 0 Å². The summed E-state index contributed by atoms with van der Waals surface area (Å²) in [5, 5.41) is 38.0. The number of ether oxygens (including phenoxy) is 1. The van der Waals surface area contributed by atoms with E-state index in [2.05, 4.69) is 16.0 Å². The van der Waals surface area contributed by atoms with Gasteiger partial charge in [-0.2, -0.15) is 0 Å². The van der Waals surface area contributed by atoms with Gasteiger partial charge in [0.05, 0.1) is 18.1 Å². The molecule has 0 aromatic heterocycles. The van der Waals surface area contributed by atoms with Crippen LogP contribution in [0.5, 0.6) is 0 Å². The minimum atomic E-state index is -1.26. The van der Waals surface area contributed by atoms with Gasteiger partial charge in [-0.1, -0.05) is 25.3 Å². The number of aliphatic hydroxyl groups is 3. The Morgan fingerprint density at radius 2 is 1.31 bits per heavy atom. The second-order valence-corrected chi connectivity index (χ2v) is 14.8. The molecule has 14 nitrogen and oxygen atoms in total. The van der Waals surface area contributed by atoms with Crippen molar-refractivity contribution in [2.45, 2.75) is 126 Å². The Morgan fingerprint density at radius 1 is 0.784 bits per heavy atom. The van der Waals surface area contributed by atoms with E-state index < -0.39 is 36.4 Å². The second kappa shape index (κ2) is 25.8. The summed E-state index contributed by atoms with van der Waals surface area (Å²) in [5.41, 5.74) is 7.41. The van der Waals surface area contributed by atoms with Crippen molar-refractivity contribution in [1.82, 2.24) is 20.9 Å². The molecule has 2 heterocycles. The molecular weight excluding hydrogens is 893 g/mol. The molecule has 7 N–H and O–H groups in total. The fourth-order valence-corrected chi connectivity index (χ4v) is 7.66. The van der Waals surface area contributed by atoms with Crippen molar-refractivity contribution < 1.29 is 88.1 Å². The maximum atomic E-state index is 12.5. The number of unbranched alkanes of at least 4 members (excludes halogenated alkanes) is 6. The van der Waals surface area contributed by atoms with E-state index in [9.17, 15) is 39.3 Å². The number of nitrogens with one attached hydrogen (secondary N) is 4. The van der Waals surface area contributed by atoms with Crippen molar-refractivity contribution in [3.63, 3.8) is 0 Å². The largest absolute Gasteiger partial charge is 0.670 e. The van der Waals surface area contributed by atoms with Crippen molar-refractivity contribution in [1.29, 1.82) is 0 Å². The third-order valence-corrected chi connectivity index (χ3v) is 10.9. The van der Waals surface area contributed by atoms with Crippen molar-refractivity contribution in [3.05, 3.63) is 17.9 Å². The van der Waals surface area contributed by atoms with Gasteiger partial charge >= 0.3 is 0 Å². The van der Waals surface area contributed by atoms with Gasteiger partial charge in [0.15, 0.2) is 0 Å². The van der Waals surface area contributed by atoms with Gasteiger partial charge in [0.1, 0.15) is 12.2 Å². The fraction of sp³-hybridized carbons (Fsp3) is 0.800. The Bertz CT molecular complexity index is 1110. The Morgan fingerprint density at radius 3 is 1.86 bits per heavy atom. The molecule has 3 unspecified atom stereocenters. The molecule has 0 aromatic rings. The molecule has 5 amide bonds. The number of hydrogen-bond acceptors (Lipinski definition) is 10. The molecule has 1 aliphatic carbocycles. The first-order chi connectivity index (χ1) is 24.1. The zero-order valence-corrected chi connectivity index (χ0v) is 35.3. The minimum Gasteiger partial charge on any atom is -0.670 e. The number of nitrogens with zero attached hydrogens (tertiary/aromatic N) is 1. The normalized spacial score (nSPS) is 26.1. The van der Waals surface area contributed by atoms with Gasteiger partial charge in [-0.3, -0.25) is 28.9 Å². The summed E-state index contributed by atoms with van der Waals surface area (Å²) in [4.78, 5) is 61.6. The summed E-state index contributed by atoms with van der Waals surface area (Å²) in [6.45, 7) is 1.79. The van der Waals surface area contributed by atoms with E-state index >= 15 is 0 Å². The van der Waals surface area contributed by atoms with Gasteiger partial charge in [-0.25, -0.2) is 0 Å². The van der Waals surface area contributed by atoms with Crippen LogP contribution in [-0.2, 0) is 28.7 Å². The molecule has 0 spiro atoms. The Kier molecular flexibility index (Phi) is 23.3. The summed E-state index contributed by atoms with van der Waals surface area (Å²) < 4.78 is 5.54. The van der Waals surface area contributed by atoms with Gasteiger partial charge in [0.25, 0.3) is 11.8 Å². The summed E-state index contributed by atoms with van der Waals surface area (Å²) in [7, 11) is 0. The van der Waals surface area contributed by atoms with Crippen LogP contribution in [0.15, 0.2) is 12.2 Å². The molecule has 2 aliphatic heterocycles. The molecule has 3 aliphatic rings. The average molecular weight is 952 g/mol. The molecule has 1 saturated carbocycles. The number of carbonyl (C=O) groups excluding carboxylic acids is 5. The van der Waals surface area contributed by atoms with E-state index in [1.54, 1.807) is 0 Å². The smallest absolute Gasteiger partial charge is 0.253 e. The van der Waals surface area contributed by atoms with Crippen LogP contribution in [0, 0.1) is 55.9 Å². The molecular formula is C35H58AcN5O9S-. The molecule has 287 valence electrons. The van der Waals surface area contributed by atoms with E-state index in [1.807, 2.05) is 0 Å². The third-order valence-electron chi connectivity index (χ3n) is 9.65. The summed E-state index contributed by atoms with van der Waals surface area (Å²) in [6.07, 6.45) is 10.7. The second-order valence-electron chi connectivity index (χ2n) is 13.6. The van der Waals surface area contributed by atoms with E-state index in [0.29, 0.717) is 44.8 Å². The van der Waals surface area contributed by atoms with Gasteiger partial charge in [-0.05, 0) is 75.9 Å². The number of rotatable bonds is 23. The van der Waals surface area contributed by atoms with E-state index in [-0.39, 0.29) is 85.4 Å². The zero-order chi connectivity index (χ0) is 36.3. The minimum absolute atomic E-state index is 0. The quantitative estimate of drug-likeness (QED) is 0.0647. The maximum absolute atomic E-state index is 12.5. The Labute approximate surface area is 342 Å². The summed E-state index contributed by atoms with van der Waals surface area (Å²) >= 11 is 1.40.